The average Bonchev–Trinajstić information content (AvgIpc) is 3.76. The number of anilines is 1. The lowest BCUT2D eigenvalue weighted by molar-refractivity contribution is 0.446. The zero-order valence-electron chi connectivity index (χ0n) is 21.5. The van der Waals surface area contributed by atoms with Gasteiger partial charge in [0.05, 0.1) is 33.5 Å². The molecule has 0 heterocycles. The summed E-state index contributed by atoms with van der Waals surface area (Å²) in [5.41, 5.74) is -9.68. The van der Waals surface area contributed by atoms with Crippen LogP contribution < -0.4 is 11.5 Å². The lowest BCUT2D eigenvalue weighted by atomic mass is 9.99. The highest BCUT2D eigenvalue weighted by atomic mass is 19.2. The van der Waals surface area contributed by atoms with Crippen molar-refractivity contribution in [2.24, 2.45) is 5.73 Å². The van der Waals surface area contributed by atoms with Gasteiger partial charge in [-0.25, -0.2) is 52.7 Å². The Morgan fingerprint density at radius 1 is 0.413 bits per heavy atom. The lowest BCUT2D eigenvalue weighted by Crippen LogP contribution is -2.10. The molecule has 1 aliphatic rings. The molecule has 4 N–H and O–H groups in total. The molecule has 0 spiro atoms. The van der Waals surface area contributed by atoms with Crippen molar-refractivity contribution >= 4 is 22.5 Å². The minimum atomic E-state index is -2.48. The summed E-state index contributed by atoms with van der Waals surface area (Å²) in [5, 5.41) is 37.1. The number of nitriles is 4. The third kappa shape index (κ3) is 4.35. The van der Waals surface area contributed by atoms with Crippen LogP contribution in [0.25, 0.3) is 16.8 Å². The number of hydrogen-bond donors (Lipinski definition) is 2. The van der Waals surface area contributed by atoms with E-state index in [1.165, 1.54) is 0 Å². The summed E-state index contributed by atoms with van der Waals surface area (Å²) in [4.78, 5) is 0. The van der Waals surface area contributed by atoms with Crippen molar-refractivity contribution in [3.05, 3.63) is 114 Å². The molecule has 0 amide bonds. The summed E-state index contributed by atoms with van der Waals surface area (Å²) in [5.74, 6) is -28.8. The standard InChI is InChI=1S/C28H4F12N6/c29-15-7(3-43)16(30)20(34)11(19(15)33)5(1-41)9-10(6(2-42)12-21(35)25(39)28(46)26(40)22(12)36)13(9)27(45)14-23(37)17(31)8(4-44)18(32)24(14)38/h45-46H2/b9-5+,10-6-,27-13-. The second-order valence-corrected chi connectivity index (χ2v) is 8.79. The largest absolute Gasteiger partial charge is 0.398 e. The molecule has 3 aromatic carbocycles. The predicted molar refractivity (Wildman–Crippen MR) is 129 cm³/mol. The smallest absolute Gasteiger partial charge is 0.185 e. The first-order valence-corrected chi connectivity index (χ1v) is 11.5. The van der Waals surface area contributed by atoms with E-state index in [4.69, 9.17) is 22.0 Å². The molecule has 1 saturated carbocycles. The zero-order valence-corrected chi connectivity index (χ0v) is 21.5. The summed E-state index contributed by atoms with van der Waals surface area (Å²) in [6, 6.07) is 3.59. The van der Waals surface area contributed by atoms with Crippen molar-refractivity contribution in [3.63, 3.8) is 0 Å². The van der Waals surface area contributed by atoms with Crippen LogP contribution >= 0.6 is 0 Å². The third-order valence-corrected chi connectivity index (χ3v) is 6.50. The highest BCUT2D eigenvalue weighted by molar-refractivity contribution is 6.10. The fourth-order valence-corrected chi connectivity index (χ4v) is 4.34. The molecule has 0 aromatic heterocycles. The second-order valence-electron chi connectivity index (χ2n) is 8.79. The Morgan fingerprint density at radius 2 is 0.696 bits per heavy atom. The number of nitrogen functional groups attached to an aromatic ring is 1. The summed E-state index contributed by atoms with van der Waals surface area (Å²) < 4.78 is 176. The quantitative estimate of drug-likeness (QED) is 0.147. The van der Waals surface area contributed by atoms with Crippen molar-refractivity contribution in [2.45, 2.75) is 0 Å². The Hall–Kier alpha value is -6.40. The molecule has 230 valence electrons. The van der Waals surface area contributed by atoms with Crippen LogP contribution in [0.15, 0.2) is 16.7 Å². The molecule has 0 bridgehead atoms. The van der Waals surface area contributed by atoms with E-state index in [0.29, 0.717) is 0 Å². The van der Waals surface area contributed by atoms with Gasteiger partial charge in [0, 0.05) is 16.7 Å². The normalized spacial score (nSPS) is 15.4. The van der Waals surface area contributed by atoms with Crippen molar-refractivity contribution in [1.29, 1.82) is 21.0 Å². The Morgan fingerprint density at radius 3 is 0.978 bits per heavy atom. The van der Waals surface area contributed by atoms with Gasteiger partial charge in [-0.2, -0.15) is 21.0 Å². The first-order chi connectivity index (χ1) is 21.5. The Kier molecular flexibility index (Phi) is 7.96. The van der Waals surface area contributed by atoms with Crippen LogP contribution in [0.2, 0.25) is 0 Å². The van der Waals surface area contributed by atoms with Crippen molar-refractivity contribution in [1.82, 2.24) is 0 Å². The van der Waals surface area contributed by atoms with E-state index in [0.717, 1.165) is 24.3 Å². The third-order valence-electron chi connectivity index (χ3n) is 6.50. The molecule has 1 fully saturated rings. The predicted octanol–water partition coefficient (Wildman–Crippen LogP) is 6.32. The summed E-state index contributed by atoms with van der Waals surface area (Å²) >= 11 is 0. The molecule has 1 aliphatic carbocycles. The molecular weight excluding hydrogens is 648 g/mol. The maximum Gasteiger partial charge on any atom is 0.185 e. The van der Waals surface area contributed by atoms with Crippen LogP contribution in [0, 0.1) is 115 Å². The Bertz CT molecular complexity index is 2150. The van der Waals surface area contributed by atoms with Crippen LogP contribution in [-0.2, 0) is 0 Å². The first kappa shape index (κ1) is 32.5. The number of nitrogens with two attached hydrogens (primary N) is 2. The lowest BCUT2D eigenvalue weighted by Gasteiger charge is -2.09. The number of allylic oxidation sites excluding steroid dienone is 5. The SMILES string of the molecule is N#C/C(=C1\C(=C(\N)c2c(F)c(F)c(C#N)c(F)c2F)\C1=C(\C#N)c1c(F)c(F)c(N)c(F)c1F)c1c(F)c(F)c(C#N)c(F)c1F. The molecule has 0 radical (unpaired) electrons. The van der Waals surface area contributed by atoms with Crippen LogP contribution in [0.5, 0.6) is 0 Å². The van der Waals surface area contributed by atoms with Gasteiger partial charge in [0.15, 0.2) is 69.8 Å². The molecule has 4 rings (SSSR count). The summed E-state index contributed by atoms with van der Waals surface area (Å²) in [7, 11) is 0. The van der Waals surface area contributed by atoms with E-state index >= 15 is 0 Å². The van der Waals surface area contributed by atoms with Crippen molar-refractivity contribution in [2.75, 3.05) is 5.73 Å². The van der Waals surface area contributed by atoms with Gasteiger partial charge in [-0.15, -0.1) is 0 Å². The summed E-state index contributed by atoms with van der Waals surface area (Å²) in [6.07, 6.45) is 0. The van der Waals surface area contributed by atoms with Crippen LogP contribution in [0.1, 0.15) is 27.8 Å². The molecule has 0 aliphatic heterocycles. The number of halogens is 12. The van der Waals surface area contributed by atoms with Crippen LogP contribution in [-0.4, -0.2) is 0 Å². The Labute approximate surface area is 246 Å². The minimum absolute atomic E-state index is 0.788. The van der Waals surface area contributed by atoms with Crippen LogP contribution in [0.3, 0.4) is 0 Å². The van der Waals surface area contributed by atoms with E-state index < -0.39 is 137 Å². The molecule has 0 unspecified atom stereocenters. The second kappa shape index (κ2) is 11.3. The topological polar surface area (TPSA) is 147 Å². The molecule has 6 nitrogen and oxygen atoms in total. The highest BCUT2D eigenvalue weighted by Gasteiger charge is 2.45. The average molecular weight is 652 g/mol. The van der Waals surface area contributed by atoms with E-state index in [9.17, 15) is 63.2 Å². The fourth-order valence-electron chi connectivity index (χ4n) is 4.34. The van der Waals surface area contributed by atoms with E-state index in [1.54, 1.807) is 0 Å². The fraction of sp³-hybridized carbons (Fsp3) is 0. The number of benzene rings is 3. The van der Waals surface area contributed by atoms with Gasteiger partial charge in [-0.05, 0) is 0 Å². The maximum absolute atomic E-state index is 15.0. The number of nitrogens with zero attached hydrogens (tertiary/aromatic N) is 4. The summed E-state index contributed by atoms with van der Waals surface area (Å²) in [6.45, 7) is 0. The highest BCUT2D eigenvalue weighted by Crippen LogP contribution is 2.56. The monoisotopic (exact) mass is 652 g/mol. The van der Waals surface area contributed by atoms with Crippen LogP contribution in [0.4, 0.5) is 58.4 Å². The molecular formula is C28H4F12N6. The Balaban J connectivity index is 2.32. The number of rotatable bonds is 3. The van der Waals surface area contributed by atoms with E-state index in [2.05, 4.69) is 0 Å². The first-order valence-electron chi connectivity index (χ1n) is 11.5. The minimum Gasteiger partial charge on any atom is -0.398 e. The zero-order chi connectivity index (χ0) is 34.7. The molecule has 0 atom stereocenters. The van der Waals surface area contributed by atoms with Gasteiger partial charge < -0.3 is 11.5 Å². The van der Waals surface area contributed by atoms with Gasteiger partial charge in [-0.1, -0.05) is 0 Å². The van der Waals surface area contributed by atoms with Gasteiger partial charge in [0.2, 0.25) is 0 Å². The van der Waals surface area contributed by atoms with E-state index in [1.807, 2.05) is 0 Å². The molecule has 0 saturated heterocycles. The van der Waals surface area contributed by atoms with Gasteiger partial charge in [-0.3, -0.25) is 0 Å². The molecule has 3 aromatic rings. The van der Waals surface area contributed by atoms with Gasteiger partial charge in [0.1, 0.15) is 41.1 Å². The van der Waals surface area contributed by atoms with Gasteiger partial charge in [0.25, 0.3) is 0 Å². The van der Waals surface area contributed by atoms with Crippen molar-refractivity contribution in [3.8, 4) is 24.3 Å². The maximum atomic E-state index is 15.0. The number of hydrogen-bond acceptors (Lipinski definition) is 6. The van der Waals surface area contributed by atoms with Crippen molar-refractivity contribution < 1.29 is 52.7 Å². The molecule has 18 heteroatoms. The molecule has 46 heavy (non-hydrogen) atoms. The van der Waals surface area contributed by atoms with E-state index in [-0.39, 0.29) is 0 Å². The van der Waals surface area contributed by atoms with Gasteiger partial charge >= 0.3 is 0 Å².